The van der Waals surface area contributed by atoms with Crippen molar-refractivity contribution in [1.29, 1.82) is 0 Å². The Morgan fingerprint density at radius 2 is 2.07 bits per heavy atom. The highest BCUT2D eigenvalue weighted by molar-refractivity contribution is 7.17. The lowest BCUT2D eigenvalue weighted by molar-refractivity contribution is 0.261. The third-order valence-corrected chi connectivity index (χ3v) is 5.25. The van der Waals surface area contributed by atoms with Crippen LogP contribution in [0.25, 0.3) is 32.9 Å². The van der Waals surface area contributed by atoms with Crippen LogP contribution in [0.5, 0.6) is 5.75 Å². The lowest BCUT2D eigenvalue weighted by atomic mass is 10.1. The van der Waals surface area contributed by atoms with E-state index in [2.05, 4.69) is 14.9 Å². The first-order chi connectivity index (χ1) is 13.6. The van der Waals surface area contributed by atoms with Crippen LogP contribution in [-0.4, -0.2) is 47.1 Å². The van der Waals surface area contributed by atoms with Gasteiger partial charge < -0.3 is 14.6 Å². The van der Waals surface area contributed by atoms with E-state index >= 15 is 0 Å². The summed E-state index contributed by atoms with van der Waals surface area (Å²) in [6, 6.07) is 13.4. The highest BCUT2D eigenvalue weighted by Crippen LogP contribution is 2.33. The van der Waals surface area contributed by atoms with Gasteiger partial charge in [0.05, 0.1) is 5.52 Å². The lowest BCUT2D eigenvalue weighted by Crippen LogP contribution is -2.19. The molecule has 7 heteroatoms. The summed E-state index contributed by atoms with van der Waals surface area (Å²) in [5.41, 5.74) is 3.06. The number of fused-ring (bicyclic) bond motifs is 1. The molecule has 0 spiro atoms. The monoisotopic (exact) mass is 392 g/mol. The maximum atomic E-state index is 12.5. The average molecular weight is 392 g/mol. The molecule has 28 heavy (non-hydrogen) atoms. The summed E-state index contributed by atoms with van der Waals surface area (Å²) >= 11 is 1.39. The van der Waals surface area contributed by atoms with Gasteiger partial charge in [-0.3, -0.25) is 9.78 Å². The quantitative estimate of drug-likeness (QED) is 0.542. The Labute approximate surface area is 166 Å². The Morgan fingerprint density at radius 3 is 2.86 bits per heavy atom. The van der Waals surface area contributed by atoms with Crippen LogP contribution in [0.2, 0.25) is 0 Å². The van der Waals surface area contributed by atoms with Crippen LogP contribution < -0.4 is 10.3 Å². The number of nitrogens with one attached hydrogen (secondary N) is 1. The average Bonchev–Trinajstić information content (AvgIpc) is 3.13. The molecule has 0 aliphatic heterocycles. The van der Waals surface area contributed by atoms with E-state index in [1.165, 1.54) is 11.3 Å². The molecule has 0 saturated heterocycles. The minimum atomic E-state index is -0.153. The van der Waals surface area contributed by atoms with Crippen molar-refractivity contribution in [2.24, 2.45) is 0 Å². The third kappa shape index (κ3) is 3.81. The summed E-state index contributed by atoms with van der Waals surface area (Å²) in [5.74, 6) is 1.27. The van der Waals surface area contributed by atoms with Crippen LogP contribution in [0.3, 0.4) is 0 Å². The Hall–Kier alpha value is -3.03. The van der Waals surface area contributed by atoms with Crippen molar-refractivity contribution in [3.8, 4) is 28.4 Å². The molecular weight excluding hydrogens is 372 g/mol. The number of hydrogen-bond acceptors (Lipinski definition) is 6. The standard InChI is InChI=1S/C21H20N4O2S/c1-25(2)10-11-27-15-7-5-6-14(12-15)16-13-28-19-18(16)23-20(24-21(19)26)17-8-3-4-9-22-17/h3-9,12-13H,10-11H2,1-2H3,(H,23,24,26). The Morgan fingerprint density at radius 1 is 1.18 bits per heavy atom. The topological polar surface area (TPSA) is 71.1 Å². The van der Waals surface area contributed by atoms with E-state index in [0.717, 1.165) is 23.4 Å². The molecular formula is C21H20N4O2S. The van der Waals surface area contributed by atoms with Crippen molar-refractivity contribution in [2.75, 3.05) is 27.2 Å². The van der Waals surface area contributed by atoms with Crippen LogP contribution in [0.1, 0.15) is 0 Å². The molecule has 0 atom stereocenters. The fourth-order valence-electron chi connectivity index (χ4n) is 2.86. The number of ether oxygens (including phenoxy) is 1. The number of benzene rings is 1. The molecule has 142 valence electrons. The van der Waals surface area contributed by atoms with Crippen molar-refractivity contribution in [3.05, 3.63) is 64.4 Å². The van der Waals surface area contributed by atoms with Crippen LogP contribution in [0, 0.1) is 0 Å². The fourth-order valence-corrected chi connectivity index (χ4v) is 3.77. The maximum Gasteiger partial charge on any atom is 0.269 e. The van der Waals surface area contributed by atoms with Crippen molar-refractivity contribution in [3.63, 3.8) is 0 Å². The largest absolute Gasteiger partial charge is 0.492 e. The summed E-state index contributed by atoms with van der Waals surface area (Å²) in [5, 5.41) is 1.97. The molecule has 0 aliphatic rings. The second-order valence-corrected chi connectivity index (χ2v) is 7.52. The number of aromatic nitrogens is 3. The zero-order valence-electron chi connectivity index (χ0n) is 15.7. The van der Waals surface area contributed by atoms with E-state index < -0.39 is 0 Å². The van der Waals surface area contributed by atoms with E-state index in [1.807, 2.05) is 61.9 Å². The van der Waals surface area contributed by atoms with Crippen LogP contribution in [-0.2, 0) is 0 Å². The number of likely N-dealkylation sites (N-methyl/N-ethyl adjacent to an activating group) is 1. The highest BCUT2D eigenvalue weighted by Gasteiger charge is 2.14. The van der Waals surface area contributed by atoms with Gasteiger partial charge >= 0.3 is 0 Å². The van der Waals surface area contributed by atoms with Gasteiger partial charge in [0, 0.05) is 23.7 Å². The van der Waals surface area contributed by atoms with Crippen molar-refractivity contribution < 1.29 is 4.74 Å². The van der Waals surface area contributed by atoms with Gasteiger partial charge in [-0.2, -0.15) is 0 Å². The SMILES string of the molecule is CN(C)CCOc1cccc(-c2csc3c(=O)[nH]c(-c4ccccn4)nc23)c1. The van der Waals surface area contributed by atoms with Gasteiger partial charge in [0.15, 0.2) is 5.82 Å². The molecule has 0 bridgehead atoms. The summed E-state index contributed by atoms with van der Waals surface area (Å²) < 4.78 is 6.45. The van der Waals surface area contributed by atoms with Gasteiger partial charge in [-0.15, -0.1) is 11.3 Å². The lowest BCUT2D eigenvalue weighted by Gasteiger charge is -2.11. The summed E-state index contributed by atoms with van der Waals surface area (Å²) in [4.78, 5) is 26.5. The van der Waals surface area contributed by atoms with Crippen molar-refractivity contribution >= 4 is 21.6 Å². The van der Waals surface area contributed by atoms with Crippen molar-refractivity contribution in [1.82, 2.24) is 19.9 Å². The first-order valence-electron chi connectivity index (χ1n) is 8.93. The molecule has 0 unspecified atom stereocenters. The predicted octanol–water partition coefficient (Wildman–Crippen LogP) is 3.65. The minimum Gasteiger partial charge on any atom is -0.492 e. The predicted molar refractivity (Wildman–Crippen MR) is 113 cm³/mol. The van der Waals surface area contributed by atoms with Gasteiger partial charge in [0.25, 0.3) is 5.56 Å². The summed E-state index contributed by atoms with van der Waals surface area (Å²) in [6.45, 7) is 1.46. The first kappa shape index (κ1) is 18.3. The fraction of sp³-hybridized carbons (Fsp3) is 0.190. The van der Waals surface area contributed by atoms with E-state index in [-0.39, 0.29) is 5.56 Å². The number of thiophene rings is 1. The number of H-pyrrole nitrogens is 1. The summed E-state index contributed by atoms with van der Waals surface area (Å²) in [7, 11) is 4.03. The van der Waals surface area contributed by atoms with Gasteiger partial charge in [0.2, 0.25) is 0 Å². The molecule has 3 aromatic heterocycles. The number of aromatic amines is 1. The number of pyridine rings is 1. The molecule has 0 fully saturated rings. The molecule has 0 amide bonds. The minimum absolute atomic E-state index is 0.153. The molecule has 3 heterocycles. The first-order valence-corrected chi connectivity index (χ1v) is 9.80. The Kier molecular flexibility index (Phi) is 5.18. The Balaban J connectivity index is 1.73. The zero-order valence-corrected chi connectivity index (χ0v) is 16.5. The molecule has 1 aromatic carbocycles. The van der Waals surface area contributed by atoms with E-state index in [0.29, 0.717) is 28.3 Å². The normalized spacial score (nSPS) is 11.2. The maximum absolute atomic E-state index is 12.5. The van der Waals surface area contributed by atoms with E-state index in [1.54, 1.807) is 6.20 Å². The second kappa shape index (κ2) is 7.92. The Bertz CT molecular complexity index is 1150. The number of hydrogen-bond donors (Lipinski definition) is 1. The van der Waals surface area contributed by atoms with Crippen LogP contribution in [0.4, 0.5) is 0 Å². The van der Waals surface area contributed by atoms with Gasteiger partial charge in [0.1, 0.15) is 22.8 Å². The molecule has 1 N–H and O–H groups in total. The number of rotatable bonds is 6. The third-order valence-electron chi connectivity index (χ3n) is 4.29. The van der Waals surface area contributed by atoms with Crippen LogP contribution >= 0.6 is 11.3 Å². The molecule has 6 nitrogen and oxygen atoms in total. The molecule has 4 rings (SSSR count). The molecule has 4 aromatic rings. The van der Waals surface area contributed by atoms with E-state index in [4.69, 9.17) is 9.72 Å². The van der Waals surface area contributed by atoms with Gasteiger partial charge in [-0.05, 0) is 43.9 Å². The van der Waals surface area contributed by atoms with Crippen LogP contribution in [0.15, 0.2) is 58.8 Å². The van der Waals surface area contributed by atoms with Crippen molar-refractivity contribution in [2.45, 2.75) is 0 Å². The smallest absolute Gasteiger partial charge is 0.269 e. The number of nitrogens with zero attached hydrogens (tertiary/aromatic N) is 3. The molecule has 0 radical (unpaired) electrons. The van der Waals surface area contributed by atoms with Gasteiger partial charge in [-0.25, -0.2) is 4.98 Å². The molecule has 0 saturated carbocycles. The second-order valence-electron chi connectivity index (χ2n) is 6.64. The molecule has 0 aliphatic carbocycles. The zero-order chi connectivity index (χ0) is 19.5. The highest BCUT2D eigenvalue weighted by atomic mass is 32.1. The van der Waals surface area contributed by atoms with Gasteiger partial charge in [-0.1, -0.05) is 18.2 Å². The van der Waals surface area contributed by atoms with E-state index in [9.17, 15) is 4.79 Å². The summed E-state index contributed by atoms with van der Waals surface area (Å²) in [6.07, 6.45) is 1.68.